The second-order valence-electron chi connectivity index (χ2n) is 7.68. The Morgan fingerprint density at radius 1 is 1.06 bits per heavy atom. The quantitative estimate of drug-likeness (QED) is 0.420. The van der Waals surface area contributed by atoms with E-state index in [1.54, 1.807) is 36.8 Å². The number of methoxy groups -OCH3 is 3. The molecule has 11 nitrogen and oxygen atoms in total. The Balaban J connectivity index is 2.17. The van der Waals surface area contributed by atoms with E-state index in [0.29, 0.717) is 23.0 Å². The largest absolute Gasteiger partial charge is 0.497 e. The van der Waals surface area contributed by atoms with Crippen molar-refractivity contribution in [3.8, 4) is 17.2 Å². The minimum absolute atomic E-state index is 0.184. The van der Waals surface area contributed by atoms with E-state index in [9.17, 15) is 14.4 Å². The number of imidazole rings is 2. The lowest BCUT2D eigenvalue weighted by atomic mass is 10.2. The van der Waals surface area contributed by atoms with Crippen LogP contribution in [0.1, 0.15) is 24.4 Å². The number of nitrogens with zero attached hydrogens (tertiary/aromatic N) is 5. The number of hydrogen-bond donors (Lipinski definition) is 0. The molecule has 0 aliphatic rings. The number of hydrogen-bond acceptors (Lipinski definition) is 7. The third-order valence-electron chi connectivity index (χ3n) is 6.02. The van der Waals surface area contributed by atoms with Crippen molar-refractivity contribution in [3.63, 3.8) is 0 Å². The molecule has 0 spiro atoms. The number of carbonyl (C=O) groups excluding carboxylic acids is 1. The van der Waals surface area contributed by atoms with Crippen LogP contribution in [0.4, 0.5) is 0 Å². The second-order valence-corrected chi connectivity index (χ2v) is 7.68. The average Bonchev–Trinajstić information content (AvgIpc) is 3.31. The predicted octanol–water partition coefficient (Wildman–Crippen LogP) is 1.51. The number of benzene rings is 1. The SMILES string of the molecule is COC(=O)C(C)n1c(=O)c2c(nc3n(-c4cc(OC)ccc4OC)c(C)c(C)n23)n(C)c1=O. The Bertz CT molecular complexity index is 1540. The third kappa shape index (κ3) is 3.03. The van der Waals surface area contributed by atoms with Crippen molar-refractivity contribution in [1.82, 2.24) is 23.1 Å². The number of rotatable bonds is 5. The number of aromatic nitrogens is 5. The Kier molecular flexibility index (Phi) is 5.27. The number of carbonyl (C=O) groups is 1. The van der Waals surface area contributed by atoms with E-state index in [0.717, 1.165) is 16.0 Å². The van der Waals surface area contributed by atoms with Crippen molar-refractivity contribution in [2.45, 2.75) is 26.8 Å². The van der Waals surface area contributed by atoms with Gasteiger partial charge < -0.3 is 14.2 Å². The molecule has 33 heavy (non-hydrogen) atoms. The summed E-state index contributed by atoms with van der Waals surface area (Å²) in [6.45, 7) is 5.20. The smallest absolute Gasteiger partial charge is 0.333 e. The summed E-state index contributed by atoms with van der Waals surface area (Å²) in [6, 6.07) is 4.27. The first-order valence-electron chi connectivity index (χ1n) is 10.2. The van der Waals surface area contributed by atoms with Crippen molar-refractivity contribution in [2.24, 2.45) is 7.05 Å². The highest BCUT2D eigenvalue weighted by Gasteiger charge is 2.28. The molecule has 1 aromatic carbocycles. The van der Waals surface area contributed by atoms with Crippen LogP contribution in [0.2, 0.25) is 0 Å². The van der Waals surface area contributed by atoms with Crippen molar-refractivity contribution in [3.05, 3.63) is 50.4 Å². The zero-order valence-corrected chi connectivity index (χ0v) is 19.5. The van der Waals surface area contributed by atoms with Crippen molar-refractivity contribution >= 4 is 22.9 Å². The van der Waals surface area contributed by atoms with Crippen LogP contribution in [0.3, 0.4) is 0 Å². The summed E-state index contributed by atoms with van der Waals surface area (Å²) in [5.41, 5.74) is 1.31. The van der Waals surface area contributed by atoms with Crippen molar-refractivity contribution < 1.29 is 19.0 Å². The van der Waals surface area contributed by atoms with Gasteiger partial charge in [0, 0.05) is 24.5 Å². The lowest BCUT2D eigenvalue weighted by Crippen LogP contribution is -2.43. The van der Waals surface area contributed by atoms with Gasteiger partial charge in [-0.2, -0.15) is 4.98 Å². The van der Waals surface area contributed by atoms with Crippen LogP contribution in [0.15, 0.2) is 27.8 Å². The van der Waals surface area contributed by atoms with Gasteiger partial charge in [-0.1, -0.05) is 0 Å². The van der Waals surface area contributed by atoms with Crippen LogP contribution < -0.4 is 20.7 Å². The highest BCUT2D eigenvalue weighted by Crippen LogP contribution is 2.32. The molecule has 0 radical (unpaired) electrons. The number of esters is 1. The first-order valence-corrected chi connectivity index (χ1v) is 10.2. The molecule has 4 rings (SSSR count). The molecule has 3 heterocycles. The zero-order valence-electron chi connectivity index (χ0n) is 19.5. The predicted molar refractivity (Wildman–Crippen MR) is 121 cm³/mol. The van der Waals surface area contributed by atoms with Gasteiger partial charge in [0.1, 0.15) is 17.5 Å². The Labute approximate surface area is 188 Å². The van der Waals surface area contributed by atoms with E-state index in [1.807, 2.05) is 18.4 Å². The zero-order chi connectivity index (χ0) is 24.2. The molecular weight excluding hydrogens is 430 g/mol. The van der Waals surface area contributed by atoms with Gasteiger partial charge >= 0.3 is 11.7 Å². The average molecular weight is 455 g/mol. The summed E-state index contributed by atoms with van der Waals surface area (Å²) in [5.74, 6) is 0.921. The van der Waals surface area contributed by atoms with Crippen LogP contribution in [-0.2, 0) is 16.6 Å². The number of aryl methyl sites for hydroxylation is 2. The van der Waals surface area contributed by atoms with Gasteiger partial charge in [0.2, 0.25) is 5.78 Å². The van der Waals surface area contributed by atoms with Gasteiger partial charge in [-0.15, -0.1) is 0 Å². The highest BCUT2D eigenvalue weighted by molar-refractivity contribution is 5.79. The van der Waals surface area contributed by atoms with E-state index < -0.39 is 23.3 Å². The standard InChI is InChI=1S/C22H25N5O6/c1-11-12(2)26-17-18(24(4)22(30)27(19(17)28)13(3)20(29)33-7)23-21(26)25(11)15-10-14(31-5)8-9-16(15)32-6/h8-10,13H,1-7H3. The van der Waals surface area contributed by atoms with Crippen LogP contribution in [0.25, 0.3) is 22.6 Å². The lowest BCUT2D eigenvalue weighted by Gasteiger charge is -2.14. The Morgan fingerprint density at radius 3 is 2.36 bits per heavy atom. The molecule has 3 aromatic heterocycles. The van der Waals surface area contributed by atoms with E-state index >= 15 is 0 Å². The monoisotopic (exact) mass is 455 g/mol. The number of ether oxygens (including phenoxy) is 3. The van der Waals surface area contributed by atoms with Gasteiger partial charge in [-0.3, -0.25) is 18.3 Å². The molecule has 0 N–H and O–H groups in total. The minimum Gasteiger partial charge on any atom is -0.497 e. The molecule has 4 aromatic rings. The van der Waals surface area contributed by atoms with Gasteiger partial charge in [0.25, 0.3) is 5.56 Å². The maximum absolute atomic E-state index is 13.5. The molecule has 0 fully saturated rings. The summed E-state index contributed by atoms with van der Waals surface area (Å²) in [6.07, 6.45) is 0. The fraction of sp³-hybridized carbons (Fsp3) is 0.364. The minimum atomic E-state index is -1.10. The van der Waals surface area contributed by atoms with E-state index in [1.165, 1.54) is 25.6 Å². The van der Waals surface area contributed by atoms with E-state index in [4.69, 9.17) is 14.2 Å². The summed E-state index contributed by atoms with van der Waals surface area (Å²) in [4.78, 5) is 43.3. The molecule has 174 valence electrons. The highest BCUT2D eigenvalue weighted by atomic mass is 16.5. The molecule has 1 atom stereocenters. The molecular formula is C22H25N5O6. The van der Waals surface area contributed by atoms with Gasteiger partial charge in [0.15, 0.2) is 11.2 Å². The van der Waals surface area contributed by atoms with E-state index in [-0.39, 0.29) is 11.2 Å². The molecule has 11 heteroatoms. The fourth-order valence-electron chi connectivity index (χ4n) is 4.09. The summed E-state index contributed by atoms with van der Waals surface area (Å²) in [5, 5.41) is 0. The third-order valence-corrected chi connectivity index (χ3v) is 6.02. The van der Waals surface area contributed by atoms with Gasteiger partial charge in [0.05, 0.1) is 27.0 Å². The summed E-state index contributed by atoms with van der Waals surface area (Å²) in [7, 11) is 5.85. The van der Waals surface area contributed by atoms with Crippen LogP contribution in [0, 0.1) is 13.8 Å². The first kappa shape index (κ1) is 22.2. The molecule has 0 amide bonds. The molecule has 0 aliphatic heterocycles. The van der Waals surface area contributed by atoms with Crippen molar-refractivity contribution in [1.29, 1.82) is 0 Å². The topological polar surface area (TPSA) is 111 Å². The maximum Gasteiger partial charge on any atom is 0.333 e. The Morgan fingerprint density at radius 2 is 1.76 bits per heavy atom. The van der Waals surface area contributed by atoms with Gasteiger partial charge in [-0.05, 0) is 32.9 Å². The van der Waals surface area contributed by atoms with Crippen molar-refractivity contribution in [2.75, 3.05) is 21.3 Å². The normalized spacial score (nSPS) is 12.3. The van der Waals surface area contributed by atoms with Crippen LogP contribution >= 0.6 is 0 Å². The number of fused-ring (bicyclic) bond motifs is 3. The molecule has 0 aliphatic carbocycles. The van der Waals surface area contributed by atoms with Crippen LogP contribution in [0.5, 0.6) is 11.5 Å². The fourth-order valence-corrected chi connectivity index (χ4v) is 4.09. The summed E-state index contributed by atoms with van der Waals surface area (Å²) < 4.78 is 21.4. The van der Waals surface area contributed by atoms with Crippen LogP contribution in [-0.4, -0.2) is 50.4 Å². The molecule has 0 bridgehead atoms. The summed E-state index contributed by atoms with van der Waals surface area (Å²) >= 11 is 0. The second kappa shape index (κ2) is 7.84. The Hall–Kier alpha value is -4.02. The first-order chi connectivity index (χ1) is 15.7. The molecule has 0 saturated heterocycles. The molecule has 1 unspecified atom stereocenters. The lowest BCUT2D eigenvalue weighted by molar-refractivity contribution is -0.144. The molecule has 0 saturated carbocycles. The maximum atomic E-state index is 13.5. The van der Waals surface area contributed by atoms with E-state index in [2.05, 4.69) is 4.98 Å². The van der Waals surface area contributed by atoms with Gasteiger partial charge in [-0.25, -0.2) is 14.2 Å².